The number of hydrogen-bond acceptors (Lipinski definition) is 3. The molecule has 32 heavy (non-hydrogen) atoms. The minimum Gasteiger partial charge on any atom is -0.484 e. The molecule has 0 fully saturated rings. The number of nitrogens with one attached hydrogen (secondary N) is 1. The zero-order valence-corrected chi connectivity index (χ0v) is 21.7. The number of hydrogen-bond donors (Lipinski definition) is 1. The minimum absolute atomic E-state index is 0.0361. The largest absolute Gasteiger partial charge is 0.484 e. The molecule has 0 aliphatic rings. The standard InChI is InChI=1S/C25H32BrClN2O3/c1-6-18(5)28-25(31)22(7-2)29(14-19-8-10-20(27)11-9-19)23(30)15-32-21-12-16(3)24(26)17(4)13-21/h8-13,18,22H,6-7,14-15H2,1-5H3,(H,28,31)/t18-,22-/m0/s1. The van der Waals surface area contributed by atoms with E-state index in [1.807, 2.05) is 58.9 Å². The quantitative estimate of drug-likeness (QED) is 0.427. The van der Waals surface area contributed by atoms with Crippen molar-refractivity contribution in [3.63, 3.8) is 0 Å². The van der Waals surface area contributed by atoms with E-state index in [2.05, 4.69) is 21.2 Å². The molecule has 5 nitrogen and oxygen atoms in total. The zero-order chi connectivity index (χ0) is 23.8. The Labute approximate surface area is 204 Å². The van der Waals surface area contributed by atoms with Gasteiger partial charge >= 0.3 is 0 Å². The van der Waals surface area contributed by atoms with Crippen LogP contribution in [0.1, 0.15) is 50.3 Å². The second kappa shape index (κ2) is 12.3. The van der Waals surface area contributed by atoms with Gasteiger partial charge in [-0.05, 0) is 74.6 Å². The van der Waals surface area contributed by atoms with E-state index in [1.165, 1.54) is 0 Å². The lowest BCUT2D eigenvalue weighted by Gasteiger charge is -2.31. The number of ether oxygens (including phenoxy) is 1. The third-order valence-electron chi connectivity index (χ3n) is 5.43. The molecular weight excluding hydrogens is 492 g/mol. The van der Waals surface area contributed by atoms with Gasteiger partial charge in [0.1, 0.15) is 11.8 Å². The normalized spacial score (nSPS) is 12.7. The summed E-state index contributed by atoms with van der Waals surface area (Å²) in [5, 5.41) is 3.63. The van der Waals surface area contributed by atoms with Crippen molar-refractivity contribution in [3.05, 3.63) is 62.6 Å². The maximum Gasteiger partial charge on any atom is 0.261 e. The average Bonchev–Trinajstić information content (AvgIpc) is 2.76. The smallest absolute Gasteiger partial charge is 0.261 e. The van der Waals surface area contributed by atoms with Gasteiger partial charge in [-0.25, -0.2) is 0 Å². The molecule has 0 radical (unpaired) electrons. The Hall–Kier alpha value is -2.05. The number of aryl methyl sites for hydroxylation is 2. The molecule has 0 saturated heterocycles. The van der Waals surface area contributed by atoms with Crippen LogP contribution >= 0.6 is 27.5 Å². The monoisotopic (exact) mass is 522 g/mol. The van der Waals surface area contributed by atoms with Gasteiger partial charge in [0, 0.05) is 22.1 Å². The summed E-state index contributed by atoms with van der Waals surface area (Å²) in [5.74, 6) is 0.226. The summed E-state index contributed by atoms with van der Waals surface area (Å²) in [7, 11) is 0. The van der Waals surface area contributed by atoms with Crippen molar-refractivity contribution in [1.29, 1.82) is 0 Å². The van der Waals surface area contributed by atoms with Gasteiger partial charge in [0.05, 0.1) is 0 Å². The summed E-state index contributed by atoms with van der Waals surface area (Å²) in [4.78, 5) is 27.8. The molecular formula is C25H32BrClN2O3. The molecule has 0 saturated carbocycles. The molecule has 0 aliphatic carbocycles. The minimum atomic E-state index is -0.593. The van der Waals surface area contributed by atoms with Crippen molar-refractivity contribution in [3.8, 4) is 5.75 Å². The number of carbonyl (C=O) groups excluding carboxylic acids is 2. The first kappa shape index (κ1) is 26.2. The van der Waals surface area contributed by atoms with E-state index in [1.54, 1.807) is 17.0 Å². The molecule has 2 aromatic carbocycles. The summed E-state index contributed by atoms with van der Waals surface area (Å²) in [6, 6.07) is 10.5. The number of nitrogens with zero attached hydrogens (tertiary/aromatic N) is 1. The molecule has 174 valence electrons. The maximum atomic E-state index is 13.3. The number of halogens is 2. The lowest BCUT2D eigenvalue weighted by Crippen LogP contribution is -2.51. The molecule has 2 amide bonds. The van der Waals surface area contributed by atoms with Crippen LogP contribution in [0.5, 0.6) is 5.75 Å². The van der Waals surface area contributed by atoms with Crippen LogP contribution in [0.4, 0.5) is 0 Å². The molecule has 0 aromatic heterocycles. The number of rotatable bonds is 10. The van der Waals surface area contributed by atoms with Crippen LogP contribution in [0.25, 0.3) is 0 Å². The highest BCUT2D eigenvalue weighted by atomic mass is 79.9. The lowest BCUT2D eigenvalue weighted by atomic mass is 10.1. The first-order chi connectivity index (χ1) is 15.2. The Kier molecular flexibility index (Phi) is 10.0. The topological polar surface area (TPSA) is 58.6 Å². The molecule has 0 unspecified atom stereocenters. The highest BCUT2D eigenvalue weighted by Gasteiger charge is 2.29. The third-order valence-corrected chi connectivity index (χ3v) is 6.93. The van der Waals surface area contributed by atoms with Gasteiger partial charge in [0.15, 0.2) is 6.61 Å². The Balaban J connectivity index is 2.24. The number of amides is 2. The molecule has 2 aromatic rings. The van der Waals surface area contributed by atoms with Gasteiger partial charge in [0.2, 0.25) is 5.91 Å². The van der Waals surface area contributed by atoms with E-state index < -0.39 is 6.04 Å². The second-order valence-corrected chi connectivity index (χ2v) is 9.28. The fraction of sp³-hybridized carbons (Fsp3) is 0.440. The predicted octanol–water partition coefficient (Wildman–Crippen LogP) is 5.82. The van der Waals surface area contributed by atoms with Gasteiger partial charge in [-0.1, -0.05) is 53.5 Å². The molecule has 0 bridgehead atoms. The zero-order valence-electron chi connectivity index (χ0n) is 19.4. The van der Waals surface area contributed by atoms with Gasteiger partial charge in [-0.2, -0.15) is 0 Å². The van der Waals surface area contributed by atoms with Crippen molar-refractivity contribution in [2.45, 2.75) is 66.1 Å². The SMILES string of the molecule is CC[C@H](C)NC(=O)[C@H](CC)N(Cc1ccc(Cl)cc1)C(=O)COc1cc(C)c(Br)c(C)c1. The van der Waals surface area contributed by atoms with Gasteiger partial charge in [-0.3, -0.25) is 9.59 Å². The second-order valence-electron chi connectivity index (χ2n) is 8.05. The van der Waals surface area contributed by atoms with Crippen LogP contribution in [0.15, 0.2) is 40.9 Å². The van der Waals surface area contributed by atoms with E-state index >= 15 is 0 Å². The van der Waals surface area contributed by atoms with E-state index in [-0.39, 0.29) is 24.5 Å². The fourth-order valence-electron chi connectivity index (χ4n) is 3.36. The van der Waals surface area contributed by atoms with Crippen LogP contribution in [0.3, 0.4) is 0 Å². The van der Waals surface area contributed by atoms with Crippen molar-refractivity contribution in [1.82, 2.24) is 10.2 Å². The van der Waals surface area contributed by atoms with E-state index in [0.29, 0.717) is 23.7 Å². The summed E-state index contributed by atoms with van der Waals surface area (Å²) in [6.45, 7) is 9.97. The summed E-state index contributed by atoms with van der Waals surface area (Å²) >= 11 is 9.55. The number of benzene rings is 2. The van der Waals surface area contributed by atoms with Crippen molar-refractivity contribution in [2.75, 3.05) is 6.61 Å². The molecule has 0 aliphatic heterocycles. The maximum absolute atomic E-state index is 13.3. The van der Waals surface area contributed by atoms with Gasteiger partial charge in [0.25, 0.3) is 5.91 Å². The fourth-order valence-corrected chi connectivity index (χ4v) is 3.72. The van der Waals surface area contributed by atoms with E-state index in [0.717, 1.165) is 27.6 Å². The molecule has 0 spiro atoms. The molecule has 7 heteroatoms. The number of carbonyl (C=O) groups is 2. The van der Waals surface area contributed by atoms with Gasteiger partial charge in [-0.15, -0.1) is 0 Å². The third kappa shape index (κ3) is 7.24. The summed E-state index contributed by atoms with van der Waals surface area (Å²) in [6.07, 6.45) is 1.32. The Morgan fingerprint density at radius 1 is 1.09 bits per heavy atom. The lowest BCUT2D eigenvalue weighted by molar-refractivity contribution is -0.143. The Bertz CT molecular complexity index is 910. The first-order valence-corrected chi connectivity index (χ1v) is 12.1. The van der Waals surface area contributed by atoms with E-state index in [4.69, 9.17) is 16.3 Å². The molecule has 1 N–H and O–H groups in total. The highest BCUT2D eigenvalue weighted by molar-refractivity contribution is 9.10. The van der Waals surface area contributed by atoms with Crippen LogP contribution in [0, 0.1) is 13.8 Å². The predicted molar refractivity (Wildman–Crippen MR) is 133 cm³/mol. The first-order valence-electron chi connectivity index (χ1n) is 10.9. The summed E-state index contributed by atoms with van der Waals surface area (Å²) in [5.41, 5.74) is 2.96. The van der Waals surface area contributed by atoms with Gasteiger partial charge < -0.3 is 15.0 Å². The van der Waals surface area contributed by atoms with Crippen LogP contribution < -0.4 is 10.1 Å². The van der Waals surface area contributed by atoms with E-state index in [9.17, 15) is 9.59 Å². The average molecular weight is 524 g/mol. The van der Waals surface area contributed by atoms with Crippen LogP contribution in [0.2, 0.25) is 5.02 Å². The van der Waals surface area contributed by atoms with Crippen LogP contribution in [-0.2, 0) is 16.1 Å². The summed E-state index contributed by atoms with van der Waals surface area (Å²) < 4.78 is 6.86. The molecule has 2 atom stereocenters. The highest BCUT2D eigenvalue weighted by Crippen LogP contribution is 2.26. The Morgan fingerprint density at radius 2 is 1.69 bits per heavy atom. The van der Waals surface area contributed by atoms with Crippen molar-refractivity contribution < 1.29 is 14.3 Å². The van der Waals surface area contributed by atoms with Crippen molar-refractivity contribution in [2.24, 2.45) is 0 Å². The van der Waals surface area contributed by atoms with Crippen LogP contribution in [-0.4, -0.2) is 35.4 Å². The van der Waals surface area contributed by atoms with Crippen molar-refractivity contribution >= 4 is 39.3 Å². The molecule has 0 heterocycles. The molecule has 2 rings (SSSR count). The Morgan fingerprint density at radius 3 is 2.22 bits per heavy atom.